The van der Waals surface area contributed by atoms with Crippen LogP contribution < -0.4 is 0 Å². The van der Waals surface area contributed by atoms with Crippen LogP contribution in [0.1, 0.15) is 33.0 Å². The van der Waals surface area contributed by atoms with Crippen LogP contribution >= 0.6 is 0 Å². The van der Waals surface area contributed by atoms with Gasteiger partial charge in [0.1, 0.15) is 5.69 Å². The molecule has 150 valence electrons. The van der Waals surface area contributed by atoms with Crippen LogP contribution in [-0.4, -0.2) is 40.1 Å². The summed E-state index contributed by atoms with van der Waals surface area (Å²) < 4.78 is 3.96. The van der Waals surface area contributed by atoms with Gasteiger partial charge in [-0.25, -0.2) is 4.98 Å². The van der Waals surface area contributed by atoms with Crippen LogP contribution in [0.3, 0.4) is 0 Å². The van der Waals surface area contributed by atoms with Gasteiger partial charge in [0.25, 0.3) is 5.91 Å². The number of nitrogens with zero attached hydrogens (tertiary/aromatic N) is 7. The summed E-state index contributed by atoms with van der Waals surface area (Å²) in [5.74, 6) is -0.137. The van der Waals surface area contributed by atoms with Crippen molar-refractivity contribution >= 4 is 5.91 Å². The Hall–Kier alpha value is -3.81. The number of rotatable bonds is 3. The van der Waals surface area contributed by atoms with Gasteiger partial charge in [-0.15, -0.1) is 0 Å². The van der Waals surface area contributed by atoms with Crippen LogP contribution in [0.2, 0.25) is 0 Å². The number of carbonyl (C=O) groups excluding carboxylic acids is 1. The Kier molecular flexibility index (Phi) is 4.39. The Morgan fingerprint density at radius 2 is 2.03 bits per heavy atom. The summed E-state index contributed by atoms with van der Waals surface area (Å²) in [6, 6.07) is 6.01. The predicted molar refractivity (Wildman–Crippen MR) is 110 cm³/mol. The number of pyridine rings is 1. The highest BCUT2D eigenvalue weighted by molar-refractivity contribution is 5.92. The molecule has 0 fully saturated rings. The molecule has 4 aromatic heterocycles. The molecule has 0 spiro atoms. The molecule has 0 saturated heterocycles. The Labute approximate surface area is 173 Å². The standard InChI is InChI=1S/C22H21N7O/c1-15-8-25-19(10-24-15)22(30)28-12-17-13-29(11-16-4-3-6-23-9-16)26-21(17)18-5-7-27(2)20(18)14-28/h3-10,13H,11-12,14H2,1-2H3. The summed E-state index contributed by atoms with van der Waals surface area (Å²) in [6.07, 6.45) is 10.8. The molecule has 1 aliphatic rings. The number of aryl methyl sites for hydroxylation is 2. The van der Waals surface area contributed by atoms with Gasteiger partial charge in [-0.1, -0.05) is 6.07 Å². The van der Waals surface area contributed by atoms with Crippen molar-refractivity contribution in [3.8, 4) is 11.3 Å². The molecule has 8 nitrogen and oxygen atoms in total. The van der Waals surface area contributed by atoms with Crippen LogP contribution in [0.5, 0.6) is 0 Å². The third-order valence-electron chi connectivity index (χ3n) is 5.35. The fraction of sp³-hybridized carbons (Fsp3) is 0.227. The number of hydrogen-bond acceptors (Lipinski definition) is 5. The Balaban J connectivity index is 1.52. The highest BCUT2D eigenvalue weighted by Gasteiger charge is 2.28. The zero-order valence-corrected chi connectivity index (χ0v) is 16.9. The molecular weight excluding hydrogens is 378 g/mol. The van der Waals surface area contributed by atoms with Crippen LogP contribution in [0.25, 0.3) is 11.3 Å². The lowest BCUT2D eigenvalue weighted by molar-refractivity contribution is 0.0722. The predicted octanol–water partition coefficient (Wildman–Crippen LogP) is 2.59. The molecular formula is C22H21N7O. The first-order chi connectivity index (χ1) is 14.6. The lowest BCUT2D eigenvalue weighted by Gasteiger charge is -2.21. The van der Waals surface area contributed by atoms with E-state index in [4.69, 9.17) is 5.10 Å². The van der Waals surface area contributed by atoms with Crippen LogP contribution in [0, 0.1) is 6.92 Å². The van der Waals surface area contributed by atoms with Crippen molar-refractivity contribution in [2.75, 3.05) is 0 Å². The monoisotopic (exact) mass is 399 g/mol. The molecule has 8 heteroatoms. The topological polar surface area (TPSA) is 81.7 Å². The van der Waals surface area contributed by atoms with E-state index >= 15 is 0 Å². The number of aromatic nitrogens is 6. The minimum atomic E-state index is -0.137. The number of amides is 1. The number of carbonyl (C=O) groups is 1. The second kappa shape index (κ2) is 7.22. The third-order valence-corrected chi connectivity index (χ3v) is 5.35. The minimum Gasteiger partial charge on any atom is -0.352 e. The van der Waals surface area contributed by atoms with Crippen molar-refractivity contribution in [3.63, 3.8) is 0 Å². The first kappa shape index (κ1) is 18.2. The van der Waals surface area contributed by atoms with E-state index in [1.165, 1.54) is 0 Å². The maximum absolute atomic E-state index is 13.2. The summed E-state index contributed by atoms with van der Waals surface area (Å²) in [4.78, 5) is 27.7. The van der Waals surface area contributed by atoms with Crippen LogP contribution in [-0.2, 0) is 26.7 Å². The molecule has 5 rings (SSSR count). The van der Waals surface area contributed by atoms with Crippen molar-refractivity contribution in [1.29, 1.82) is 0 Å². The third kappa shape index (κ3) is 3.26. The molecule has 0 saturated carbocycles. The van der Waals surface area contributed by atoms with Crippen molar-refractivity contribution in [3.05, 3.63) is 83.6 Å². The maximum Gasteiger partial charge on any atom is 0.274 e. The molecule has 4 aromatic rings. The largest absolute Gasteiger partial charge is 0.352 e. The summed E-state index contributed by atoms with van der Waals surface area (Å²) in [6.45, 7) is 3.43. The van der Waals surface area contributed by atoms with Crippen molar-refractivity contribution in [2.24, 2.45) is 7.05 Å². The molecule has 5 heterocycles. The maximum atomic E-state index is 13.2. The molecule has 1 amide bonds. The Bertz CT molecular complexity index is 1210. The van der Waals surface area contributed by atoms with Gasteiger partial charge in [-0.2, -0.15) is 5.10 Å². The molecule has 0 aliphatic carbocycles. The van der Waals surface area contributed by atoms with E-state index in [-0.39, 0.29) is 5.91 Å². The van der Waals surface area contributed by atoms with Crippen molar-refractivity contribution in [1.82, 2.24) is 34.2 Å². The van der Waals surface area contributed by atoms with Gasteiger partial charge in [0.2, 0.25) is 0 Å². The van der Waals surface area contributed by atoms with E-state index in [1.54, 1.807) is 23.5 Å². The molecule has 30 heavy (non-hydrogen) atoms. The van der Waals surface area contributed by atoms with Gasteiger partial charge < -0.3 is 9.47 Å². The van der Waals surface area contributed by atoms with E-state index < -0.39 is 0 Å². The van der Waals surface area contributed by atoms with Crippen molar-refractivity contribution < 1.29 is 4.79 Å². The highest BCUT2D eigenvalue weighted by Crippen LogP contribution is 2.32. The molecule has 0 unspecified atom stereocenters. The van der Waals surface area contributed by atoms with Crippen molar-refractivity contribution in [2.45, 2.75) is 26.6 Å². The van der Waals surface area contributed by atoms with E-state index in [0.717, 1.165) is 33.8 Å². The molecule has 0 atom stereocenters. The van der Waals surface area contributed by atoms with Gasteiger partial charge in [0.05, 0.1) is 37.2 Å². The second-order valence-corrected chi connectivity index (χ2v) is 7.55. The second-order valence-electron chi connectivity index (χ2n) is 7.55. The Morgan fingerprint density at radius 1 is 1.13 bits per heavy atom. The minimum absolute atomic E-state index is 0.137. The molecule has 0 N–H and O–H groups in total. The summed E-state index contributed by atoms with van der Waals surface area (Å²) in [5.41, 5.74) is 6.24. The first-order valence-electron chi connectivity index (χ1n) is 9.76. The fourth-order valence-corrected chi connectivity index (χ4v) is 3.79. The summed E-state index contributed by atoms with van der Waals surface area (Å²) >= 11 is 0. The normalized spacial score (nSPS) is 12.9. The molecule has 0 radical (unpaired) electrons. The summed E-state index contributed by atoms with van der Waals surface area (Å²) in [7, 11) is 1.99. The number of fused-ring (bicyclic) bond motifs is 3. The number of hydrogen-bond donors (Lipinski definition) is 0. The van der Waals surface area contributed by atoms with E-state index in [0.29, 0.717) is 25.3 Å². The van der Waals surface area contributed by atoms with Gasteiger partial charge in [-0.05, 0) is 24.6 Å². The average molecular weight is 399 g/mol. The molecule has 0 bridgehead atoms. The smallest absolute Gasteiger partial charge is 0.274 e. The average Bonchev–Trinajstić information content (AvgIpc) is 3.27. The van der Waals surface area contributed by atoms with E-state index in [9.17, 15) is 4.79 Å². The fourth-order valence-electron chi connectivity index (χ4n) is 3.79. The van der Waals surface area contributed by atoms with Gasteiger partial charge in [0.15, 0.2) is 0 Å². The molecule has 0 aromatic carbocycles. The SMILES string of the molecule is Cc1cnc(C(=O)N2Cc3cn(Cc4cccnc4)nc3-c3ccn(C)c3C2)cn1. The quantitative estimate of drug-likeness (QED) is 0.529. The zero-order valence-electron chi connectivity index (χ0n) is 16.9. The molecule has 1 aliphatic heterocycles. The van der Waals surface area contributed by atoms with Gasteiger partial charge >= 0.3 is 0 Å². The van der Waals surface area contributed by atoms with Gasteiger partial charge in [-0.3, -0.25) is 19.4 Å². The van der Waals surface area contributed by atoms with E-state index in [2.05, 4.69) is 21.0 Å². The first-order valence-corrected chi connectivity index (χ1v) is 9.76. The van der Waals surface area contributed by atoms with Gasteiger partial charge in [0, 0.05) is 54.9 Å². The van der Waals surface area contributed by atoms with Crippen LogP contribution in [0.4, 0.5) is 0 Å². The van der Waals surface area contributed by atoms with E-state index in [1.807, 2.05) is 53.9 Å². The lowest BCUT2D eigenvalue weighted by atomic mass is 10.1. The highest BCUT2D eigenvalue weighted by atomic mass is 16.2. The zero-order chi connectivity index (χ0) is 20.7. The Morgan fingerprint density at radius 3 is 2.80 bits per heavy atom. The lowest BCUT2D eigenvalue weighted by Crippen LogP contribution is -2.31. The van der Waals surface area contributed by atoms with Crippen LogP contribution in [0.15, 0.2) is 55.4 Å². The summed E-state index contributed by atoms with van der Waals surface area (Å²) in [5, 5.41) is 4.85.